The maximum absolute atomic E-state index is 5.88. The largest absolute Gasteiger partial charge is 0.381 e. The first-order valence-corrected chi connectivity index (χ1v) is 6.70. The smallest absolute Gasteiger partial charge is 0.0506 e. The maximum Gasteiger partial charge on any atom is 0.0506 e. The molecule has 1 aromatic rings. The Hall–Kier alpha value is -0.570. The Morgan fingerprint density at radius 2 is 2.18 bits per heavy atom. The molecule has 17 heavy (non-hydrogen) atoms. The van der Waals surface area contributed by atoms with Crippen molar-refractivity contribution in [3.05, 3.63) is 34.9 Å². The maximum atomic E-state index is 5.88. The van der Waals surface area contributed by atoms with Crippen LogP contribution in [0.5, 0.6) is 0 Å². The van der Waals surface area contributed by atoms with Crippen molar-refractivity contribution in [1.29, 1.82) is 0 Å². The van der Waals surface area contributed by atoms with Crippen LogP contribution in [0.2, 0.25) is 5.02 Å². The third-order valence-electron chi connectivity index (χ3n) is 3.34. The summed E-state index contributed by atoms with van der Waals surface area (Å²) in [4.78, 5) is 0. The Balaban J connectivity index is 1.80. The third kappa shape index (κ3) is 3.98. The molecule has 1 unspecified atom stereocenters. The number of hydrogen-bond donors (Lipinski definition) is 1. The Labute approximate surface area is 108 Å². The monoisotopic (exact) mass is 253 g/mol. The molecule has 1 heterocycles. The number of nitrogens with one attached hydrogen (secondary N) is 1. The molecule has 0 radical (unpaired) electrons. The lowest BCUT2D eigenvalue weighted by molar-refractivity contribution is 0.0540. The molecule has 1 fully saturated rings. The van der Waals surface area contributed by atoms with E-state index in [1.54, 1.807) is 0 Å². The molecule has 0 spiro atoms. The molecule has 0 aromatic heterocycles. The van der Waals surface area contributed by atoms with Crippen molar-refractivity contribution in [3.63, 3.8) is 0 Å². The fourth-order valence-corrected chi connectivity index (χ4v) is 2.31. The van der Waals surface area contributed by atoms with E-state index in [4.69, 9.17) is 16.3 Å². The van der Waals surface area contributed by atoms with Crippen LogP contribution >= 0.6 is 11.6 Å². The van der Waals surface area contributed by atoms with Gasteiger partial charge in [-0.05, 0) is 43.4 Å². The van der Waals surface area contributed by atoms with Gasteiger partial charge in [0.15, 0.2) is 0 Å². The summed E-state index contributed by atoms with van der Waals surface area (Å²) in [6.45, 7) is 5.06. The van der Waals surface area contributed by atoms with Crippen LogP contribution in [-0.4, -0.2) is 19.8 Å². The van der Waals surface area contributed by atoms with E-state index in [9.17, 15) is 0 Å². The Kier molecular flexibility index (Phi) is 4.84. The van der Waals surface area contributed by atoms with Gasteiger partial charge in [-0.25, -0.2) is 0 Å². The average Bonchev–Trinajstić information content (AvgIpc) is 2.38. The van der Waals surface area contributed by atoms with E-state index in [0.29, 0.717) is 12.0 Å². The van der Waals surface area contributed by atoms with Crippen LogP contribution in [-0.2, 0) is 4.74 Å². The molecule has 0 amide bonds. The molecule has 2 nitrogen and oxygen atoms in total. The molecule has 1 N–H and O–H groups in total. The first-order valence-electron chi connectivity index (χ1n) is 6.32. The first-order chi connectivity index (χ1) is 8.25. The van der Waals surface area contributed by atoms with E-state index in [1.165, 1.54) is 18.4 Å². The molecule has 2 atom stereocenters. The van der Waals surface area contributed by atoms with E-state index < -0.39 is 0 Å². The fraction of sp³-hybridized carbons (Fsp3) is 0.571. The van der Waals surface area contributed by atoms with Gasteiger partial charge in [0.1, 0.15) is 0 Å². The third-order valence-corrected chi connectivity index (χ3v) is 3.59. The van der Waals surface area contributed by atoms with Gasteiger partial charge in [-0.2, -0.15) is 0 Å². The van der Waals surface area contributed by atoms with Gasteiger partial charge in [-0.15, -0.1) is 0 Å². The van der Waals surface area contributed by atoms with Crippen LogP contribution in [0.4, 0.5) is 0 Å². The lowest BCUT2D eigenvalue weighted by Crippen LogP contribution is -2.30. The molecule has 1 aliphatic heterocycles. The molecule has 1 saturated heterocycles. The number of halogens is 1. The number of rotatable bonds is 4. The van der Waals surface area contributed by atoms with E-state index >= 15 is 0 Å². The summed E-state index contributed by atoms with van der Waals surface area (Å²) in [5, 5.41) is 4.36. The predicted molar refractivity (Wildman–Crippen MR) is 71.4 cm³/mol. The van der Waals surface area contributed by atoms with Crippen molar-refractivity contribution < 1.29 is 4.74 Å². The minimum atomic E-state index is 0.370. The van der Waals surface area contributed by atoms with Gasteiger partial charge in [0.05, 0.1) is 6.61 Å². The first kappa shape index (κ1) is 12.9. The zero-order chi connectivity index (χ0) is 12.1. The Morgan fingerprint density at radius 1 is 1.41 bits per heavy atom. The highest BCUT2D eigenvalue weighted by molar-refractivity contribution is 6.30. The minimum absolute atomic E-state index is 0.370. The summed E-state index contributed by atoms with van der Waals surface area (Å²) in [5.74, 6) is 0.665. The van der Waals surface area contributed by atoms with Gasteiger partial charge in [-0.3, -0.25) is 0 Å². The summed E-state index contributed by atoms with van der Waals surface area (Å²) in [7, 11) is 0. The fourth-order valence-electron chi connectivity index (χ4n) is 2.18. The molecule has 0 saturated carbocycles. The van der Waals surface area contributed by atoms with Crippen LogP contribution in [0.15, 0.2) is 24.3 Å². The summed E-state index contributed by atoms with van der Waals surface area (Å²) in [6, 6.07) is 8.42. The standard InChI is InChI=1S/C14H20ClNO/c1-11(13-4-6-14(15)7-5-13)16-9-12-3-2-8-17-10-12/h4-7,11-12,16H,2-3,8-10H2,1H3/t11-,12?/m1/s1. The molecule has 0 bridgehead atoms. The van der Waals surface area contributed by atoms with Crippen LogP contribution in [0.3, 0.4) is 0 Å². The molecule has 2 rings (SSSR count). The van der Waals surface area contributed by atoms with Gasteiger partial charge in [-0.1, -0.05) is 23.7 Å². The van der Waals surface area contributed by atoms with Crippen LogP contribution in [0, 0.1) is 5.92 Å². The van der Waals surface area contributed by atoms with E-state index in [-0.39, 0.29) is 0 Å². The van der Waals surface area contributed by atoms with Crippen molar-refractivity contribution >= 4 is 11.6 Å². The molecule has 3 heteroatoms. The Bertz CT molecular complexity index is 333. The van der Waals surface area contributed by atoms with Crippen LogP contribution < -0.4 is 5.32 Å². The minimum Gasteiger partial charge on any atom is -0.381 e. The number of ether oxygens (including phenoxy) is 1. The van der Waals surface area contributed by atoms with Crippen molar-refractivity contribution in [3.8, 4) is 0 Å². The molecular formula is C14H20ClNO. The lowest BCUT2D eigenvalue weighted by atomic mass is 10.0. The van der Waals surface area contributed by atoms with Gasteiger partial charge in [0.25, 0.3) is 0 Å². The summed E-state index contributed by atoms with van der Waals surface area (Å²) in [6.07, 6.45) is 2.47. The normalized spacial score (nSPS) is 22.4. The SMILES string of the molecule is C[C@@H](NCC1CCCOC1)c1ccc(Cl)cc1. The summed E-state index contributed by atoms with van der Waals surface area (Å²) < 4.78 is 5.48. The highest BCUT2D eigenvalue weighted by atomic mass is 35.5. The van der Waals surface area contributed by atoms with Crippen molar-refractivity contribution in [2.75, 3.05) is 19.8 Å². The molecule has 94 valence electrons. The van der Waals surface area contributed by atoms with Gasteiger partial charge in [0, 0.05) is 24.2 Å². The zero-order valence-corrected chi connectivity index (χ0v) is 11.0. The van der Waals surface area contributed by atoms with Crippen LogP contribution in [0.25, 0.3) is 0 Å². The van der Waals surface area contributed by atoms with Crippen molar-refractivity contribution in [1.82, 2.24) is 5.32 Å². The van der Waals surface area contributed by atoms with Gasteiger partial charge in [0.2, 0.25) is 0 Å². The van der Waals surface area contributed by atoms with Crippen molar-refractivity contribution in [2.24, 2.45) is 5.92 Å². The van der Waals surface area contributed by atoms with E-state index in [2.05, 4.69) is 24.4 Å². The Morgan fingerprint density at radius 3 is 2.82 bits per heavy atom. The highest BCUT2D eigenvalue weighted by Crippen LogP contribution is 2.18. The second-order valence-electron chi connectivity index (χ2n) is 4.76. The molecule has 1 aliphatic rings. The quantitative estimate of drug-likeness (QED) is 0.888. The molecular weight excluding hydrogens is 234 g/mol. The lowest BCUT2D eigenvalue weighted by Gasteiger charge is -2.24. The second-order valence-corrected chi connectivity index (χ2v) is 5.20. The average molecular weight is 254 g/mol. The number of benzene rings is 1. The van der Waals surface area contributed by atoms with E-state index in [1.807, 2.05) is 12.1 Å². The second kappa shape index (κ2) is 6.39. The summed E-state index contributed by atoms with van der Waals surface area (Å²) in [5.41, 5.74) is 1.28. The van der Waals surface area contributed by atoms with Gasteiger partial charge < -0.3 is 10.1 Å². The summed E-state index contributed by atoms with van der Waals surface area (Å²) >= 11 is 5.88. The van der Waals surface area contributed by atoms with Crippen molar-refractivity contribution in [2.45, 2.75) is 25.8 Å². The van der Waals surface area contributed by atoms with Gasteiger partial charge >= 0.3 is 0 Å². The molecule has 0 aliphatic carbocycles. The van der Waals surface area contributed by atoms with Crippen LogP contribution in [0.1, 0.15) is 31.4 Å². The zero-order valence-electron chi connectivity index (χ0n) is 10.3. The number of hydrogen-bond acceptors (Lipinski definition) is 2. The predicted octanol–water partition coefficient (Wildman–Crippen LogP) is 3.42. The molecule has 1 aromatic carbocycles. The van der Waals surface area contributed by atoms with E-state index in [0.717, 1.165) is 24.8 Å². The highest BCUT2D eigenvalue weighted by Gasteiger charge is 2.14. The topological polar surface area (TPSA) is 21.3 Å².